The van der Waals surface area contributed by atoms with Crippen LogP contribution in [0.5, 0.6) is 0 Å². The average molecular weight is 266 g/mol. The van der Waals surface area contributed by atoms with Gasteiger partial charge in [-0.15, -0.1) is 0 Å². The summed E-state index contributed by atoms with van der Waals surface area (Å²) in [6.45, 7) is 0.380. The van der Waals surface area contributed by atoms with E-state index in [9.17, 15) is 9.59 Å². The molecule has 1 aliphatic carbocycles. The molecule has 6 nitrogen and oxygen atoms in total. The van der Waals surface area contributed by atoms with E-state index in [0.717, 1.165) is 32.1 Å². The van der Waals surface area contributed by atoms with Crippen molar-refractivity contribution in [1.29, 1.82) is 0 Å². The minimum atomic E-state index is -0.808. The Labute approximate surface area is 111 Å². The van der Waals surface area contributed by atoms with E-state index >= 15 is 0 Å². The fourth-order valence-electron chi connectivity index (χ4n) is 2.73. The van der Waals surface area contributed by atoms with Gasteiger partial charge in [-0.25, -0.2) is 0 Å². The van der Waals surface area contributed by atoms with Gasteiger partial charge in [0.15, 0.2) is 5.69 Å². The fraction of sp³-hybridized carbons (Fsp3) is 0.615. The lowest BCUT2D eigenvalue weighted by Gasteiger charge is -2.36. The van der Waals surface area contributed by atoms with Crippen molar-refractivity contribution in [2.24, 2.45) is 5.41 Å². The van der Waals surface area contributed by atoms with E-state index in [-0.39, 0.29) is 23.4 Å². The van der Waals surface area contributed by atoms with Gasteiger partial charge in [0.2, 0.25) is 0 Å². The molecule has 2 N–H and O–H groups in total. The van der Waals surface area contributed by atoms with Crippen LogP contribution in [0.3, 0.4) is 0 Å². The number of nitrogens with one attached hydrogen (secondary N) is 1. The molecule has 0 atom stereocenters. The monoisotopic (exact) mass is 266 g/mol. The van der Waals surface area contributed by atoms with Crippen molar-refractivity contribution in [2.45, 2.75) is 38.5 Å². The summed E-state index contributed by atoms with van der Waals surface area (Å²) in [4.78, 5) is 22.8. The van der Waals surface area contributed by atoms with Crippen LogP contribution in [0.25, 0.3) is 0 Å². The van der Waals surface area contributed by atoms with Crippen LogP contribution in [0.15, 0.2) is 16.9 Å². The summed E-state index contributed by atoms with van der Waals surface area (Å²) in [5, 5.41) is 15.4. The van der Waals surface area contributed by atoms with Crippen LogP contribution in [0.1, 0.15) is 49.0 Å². The number of nitrogens with zero attached hydrogens (tertiary/aromatic N) is 1. The van der Waals surface area contributed by atoms with Crippen molar-refractivity contribution in [1.82, 2.24) is 10.5 Å². The molecule has 0 radical (unpaired) electrons. The predicted octanol–water partition coefficient (Wildman–Crippen LogP) is 1.83. The molecule has 0 spiro atoms. The Balaban J connectivity index is 1.96. The first kappa shape index (κ1) is 13.6. The number of carboxylic acid groups (broad SMARTS) is 1. The molecule has 104 valence electrons. The second-order valence-electron chi connectivity index (χ2n) is 5.20. The molecule has 0 aliphatic heterocycles. The smallest absolute Gasteiger partial charge is 0.303 e. The molecular weight excluding hydrogens is 248 g/mol. The summed E-state index contributed by atoms with van der Waals surface area (Å²) in [5.41, 5.74) is -0.0926. The van der Waals surface area contributed by atoms with Gasteiger partial charge in [-0.3, -0.25) is 9.59 Å². The maximum absolute atomic E-state index is 11.8. The molecule has 1 aromatic rings. The molecule has 0 aromatic carbocycles. The number of hydrogen-bond donors (Lipinski definition) is 2. The number of amides is 1. The van der Waals surface area contributed by atoms with Crippen LogP contribution in [-0.4, -0.2) is 28.7 Å². The van der Waals surface area contributed by atoms with Crippen LogP contribution in [0.4, 0.5) is 0 Å². The summed E-state index contributed by atoms with van der Waals surface area (Å²) < 4.78 is 4.61. The first-order chi connectivity index (χ1) is 9.11. The van der Waals surface area contributed by atoms with E-state index in [1.165, 1.54) is 12.3 Å². The number of carbonyl (C=O) groups is 2. The lowest BCUT2D eigenvalue weighted by molar-refractivity contribution is -0.140. The Bertz CT molecular complexity index is 436. The molecule has 0 bridgehead atoms. The lowest BCUT2D eigenvalue weighted by atomic mass is 9.71. The summed E-state index contributed by atoms with van der Waals surface area (Å²) in [6, 6.07) is 1.49. The molecule has 0 unspecified atom stereocenters. The van der Waals surface area contributed by atoms with Crippen molar-refractivity contribution in [3.05, 3.63) is 18.0 Å². The fourth-order valence-corrected chi connectivity index (χ4v) is 2.73. The quantitative estimate of drug-likeness (QED) is 0.848. The Hall–Kier alpha value is -1.85. The largest absolute Gasteiger partial charge is 0.481 e. The van der Waals surface area contributed by atoms with Crippen molar-refractivity contribution in [3.8, 4) is 0 Å². The maximum Gasteiger partial charge on any atom is 0.303 e. The van der Waals surface area contributed by atoms with Crippen molar-refractivity contribution < 1.29 is 19.2 Å². The normalized spacial score (nSPS) is 17.9. The third kappa shape index (κ3) is 3.56. The van der Waals surface area contributed by atoms with E-state index in [0.29, 0.717) is 6.54 Å². The number of hydrogen-bond acceptors (Lipinski definition) is 4. The minimum absolute atomic E-state index is 0.103. The molecule has 1 saturated carbocycles. The van der Waals surface area contributed by atoms with Crippen molar-refractivity contribution in [3.63, 3.8) is 0 Å². The van der Waals surface area contributed by atoms with Gasteiger partial charge < -0.3 is 14.9 Å². The minimum Gasteiger partial charge on any atom is -0.481 e. The van der Waals surface area contributed by atoms with E-state index < -0.39 is 5.97 Å². The van der Waals surface area contributed by atoms with Crippen LogP contribution in [0, 0.1) is 5.41 Å². The molecule has 0 saturated heterocycles. The first-order valence-corrected chi connectivity index (χ1v) is 6.52. The highest BCUT2D eigenvalue weighted by molar-refractivity contribution is 5.92. The maximum atomic E-state index is 11.8. The van der Waals surface area contributed by atoms with Gasteiger partial charge in [0.25, 0.3) is 5.91 Å². The van der Waals surface area contributed by atoms with Crippen molar-refractivity contribution in [2.75, 3.05) is 6.54 Å². The van der Waals surface area contributed by atoms with Gasteiger partial charge in [0, 0.05) is 12.6 Å². The number of carbonyl (C=O) groups excluding carboxylic acids is 1. The Morgan fingerprint density at radius 3 is 2.68 bits per heavy atom. The van der Waals surface area contributed by atoms with E-state index in [1.807, 2.05) is 0 Å². The predicted molar refractivity (Wildman–Crippen MR) is 66.6 cm³/mol. The number of aromatic nitrogens is 1. The standard InChI is InChI=1S/C13H18N2O4/c16-11(17)8-13(5-2-1-3-6-13)9-14-12(18)10-4-7-19-15-10/h4,7H,1-3,5-6,8-9H2,(H,14,18)(H,16,17). The first-order valence-electron chi connectivity index (χ1n) is 6.52. The van der Waals surface area contributed by atoms with Gasteiger partial charge in [0.05, 0.1) is 6.42 Å². The zero-order valence-corrected chi connectivity index (χ0v) is 10.7. The molecule has 1 aromatic heterocycles. The second-order valence-corrected chi connectivity index (χ2v) is 5.20. The Kier molecular flexibility index (Phi) is 4.19. The summed E-state index contributed by atoms with van der Waals surface area (Å²) in [5.74, 6) is -1.12. The summed E-state index contributed by atoms with van der Waals surface area (Å²) in [6.07, 6.45) is 6.31. The van der Waals surface area contributed by atoms with Crippen LogP contribution < -0.4 is 5.32 Å². The molecule has 19 heavy (non-hydrogen) atoms. The molecular formula is C13H18N2O4. The van der Waals surface area contributed by atoms with E-state index in [2.05, 4.69) is 15.0 Å². The van der Waals surface area contributed by atoms with Gasteiger partial charge in [-0.1, -0.05) is 24.4 Å². The summed E-state index contributed by atoms with van der Waals surface area (Å²) >= 11 is 0. The van der Waals surface area contributed by atoms with Crippen LogP contribution in [-0.2, 0) is 4.79 Å². The van der Waals surface area contributed by atoms with Crippen LogP contribution in [0.2, 0.25) is 0 Å². The molecule has 1 heterocycles. The third-order valence-electron chi connectivity index (χ3n) is 3.73. The zero-order chi connectivity index (χ0) is 13.7. The molecule has 1 fully saturated rings. The van der Waals surface area contributed by atoms with Gasteiger partial charge >= 0.3 is 5.97 Å². The average Bonchev–Trinajstić information content (AvgIpc) is 2.90. The van der Waals surface area contributed by atoms with Crippen LogP contribution >= 0.6 is 0 Å². The van der Waals surface area contributed by atoms with Gasteiger partial charge in [-0.05, 0) is 18.3 Å². The highest BCUT2D eigenvalue weighted by atomic mass is 16.5. The molecule has 1 amide bonds. The highest BCUT2D eigenvalue weighted by Crippen LogP contribution is 2.38. The van der Waals surface area contributed by atoms with Crippen molar-refractivity contribution >= 4 is 11.9 Å². The molecule has 2 rings (SSSR count). The topological polar surface area (TPSA) is 92.4 Å². The molecule has 1 aliphatic rings. The van der Waals surface area contributed by atoms with Gasteiger partial charge in [-0.2, -0.15) is 0 Å². The summed E-state index contributed by atoms with van der Waals surface area (Å²) in [7, 11) is 0. The number of aliphatic carboxylic acids is 1. The van der Waals surface area contributed by atoms with E-state index in [1.54, 1.807) is 0 Å². The Morgan fingerprint density at radius 1 is 1.37 bits per heavy atom. The number of carboxylic acids is 1. The third-order valence-corrected chi connectivity index (χ3v) is 3.73. The SMILES string of the molecule is O=C(O)CC1(CNC(=O)c2ccon2)CCCCC1. The highest BCUT2D eigenvalue weighted by Gasteiger charge is 2.34. The molecule has 6 heteroatoms. The second kappa shape index (κ2) is 5.86. The Morgan fingerprint density at radius 2 is 2.11 bits per heavy atom. The lowest BCUT2D eigenvalue weighted by Crippen LogP contribution is -2.40. The van der Waals surface area contributed by atoms with E-state index in [4.69, 9.17) is 5.11 Å². The number of rotatable bonds is 5. The zero-order valence-electron chi connectivity index (χ0n) is 10.7. The van der Waals surface area contributed by atoms with Gasteiger partial charge in [0.1, 0.15) is 6.26 Å².